The van der Waals surface area contributed by atoms with E-state index in [1.54, 1.807) is 0 Å². The molecule has 0 aliphatic carbocycles. The van der Waals surface area contributed by atoms with Crippen molar-refractivity contribution in [3.63, 3.8) is 0 Å². The van der Waals surface area contributed by atoms with Crippen molar-refractivity contribution in [2.45, 2.75) is 26.7 Å². The third-order valence-corrected chi connectivity index (χ3v) is 4.28. The lowest BCUT2D eigenvalue weighted by Gasteiger charge is -2.40. The van der Waals surface area contributed by atoms with Crippen molar-refractivity contribution in [2.75, 3.05) is 66.5 Å². The topological polar surface area (TPSA) is 35.7 Å². The molecule has 0 amide bonds. The van der Waals surface area contributed by atoms with Crippen LogP contribution in [0.5, 0.6) is 0 Å². The quantitative estimate of drug-likeness (QED) is 0.712. The number of hydrogen-bond donors (Lipinski definition) is 1. The summed E-state index contributed by atoms with van der Waals surface area (Å²) >= 11 is 0. The summed E-state index contributed by atoms with van der Waals surface area (Å²) in [6.07, 6.45) is 2.47. The molecule has 1 atom stereocenters. The van der Waals surface area contributed by atoms with Gasteiger partial charge in [-0.05, 0) is 32.5 Å². The van der Waals surface area contributed by atoms with E-state index in [2.05, 4.69) is 42.6 Å². The van der Waals surface area contributed by atoms with E-state index >= 15 is 0 Å². The molecule has 1 aliphatic heterocycles. The summed E-state index contributed by atoms with van der Waals surface area (Å²) < 4.78 is 0. The molecule has 0 saturated carbocycles. The van der Waals surface area contributed by atoms with Crippen molar-refractivity contribution >= 4 is 0 Å². The summed E-state index contributed by atoms with van der Waals surface area (Å²) in [5.41, 5.74) is 6.28. The van der Waals surface area contributed by atoms with Gasteiger partial charge in [-0.15, -0.1) is 0 Å². The Hall–Kier alpha value is -0.160. The molecule has 0 aromatic rings. The molecule has 1 rings (SSSR count). The smallest absolute Gasteiger partial charge is 0.0110 e. The van der Waals surface area contributed by atoms with Gasteiger partial charge >= 0.3 is 0 Å². The van der Waals surface area contributed by atoms with Gasteiger partial charge in [0.1, 0.15) is 0 Å². The van der Waals surface area contributed by atoms with Crippen LogP contribution in [0.15, 0.2) is 0 Å². The Morgan fingerprint density at radius 2 is 1.68 bits per heavy atom. The lowest BCUT2D eigenvalue weighted by Crippen LogP contribution is -2.51. The van der Waals surface area contributed by atoms with Gasteiger partial charge in [0.15, 0.2) is 0 Å². The van der Waals surface area contributed by atoms with Gasteiger partial charge in [0.2, 0.25) is 0 Å². The van der Waals surface area contributed by atoms with Crippen molar-refractivity contribution < 1.29 is 0 Å². The largest absolute Gasteiger partial charge is 0.330 e. The van der Waals surface area contributed by atoms with E-state index in [4.69, 9.17) is 5.73 Å². The third kappa shape index (κ3) is 6.21. The Balaban J connectivity index is 2.29. The molecule has 2 N–H and O–H groups in total. The summed E-state index contributed by atoms with van der Waals surface area (Å²) in [5, 5.41) is 0. The molecular formula is C15H34N4. The number of likely N-dealkylation sites (N-methyl/N-ethyl adjacent to an activating group) is 1. The van der Waals surface area contributed by atoms with Crippen LogP contribution in [0, 0.1) is 5.41 Å². The highest BCUT2D eigenvalue weighted by Gasteiger charge is 2.26. The average molecular weight is 270 g/mol. The average Bonchev–Trinajstić information content (AvgIpc) is 2.38. The first-order valence-corrected chi connectivity index (χ1v) is 7.78. The summed E-state index contributed by atoms with van der Waals surface area (Å²) in [4.78, 5) is 7.45. The van der Waals surface area contributed by atoms with Gasteiger partial charge in [-0.2, -0.15) is 0 Å². The van der Waals surface area contributed by atoms with Gasteiger partial charge in [0.05, 0.1) is 0 Å². The molecule has 4 heteroatoms. The maximum absolute atomic E-state index is 5.98. The highest BCUT2D eigenvalue weighted by Crippen LogP contribution is 2.23. The highest BCUT2D eigenvalue weighted by atomic mass is 15.3. The first-order valence-electron chi connectivity index (χ1n) is 7.78. The van der Waals surface area contributed by atoms with Gasteiger partial charge in [-0.3, -0.25) is 4.90 Å². The highest BCUT2D eigenvalue weighted by molar-refractivity contribution is 4.82. The zero-order valence-corrected chi connectivity index (χ0v) is 13.5. The standard InChI is InChI=1S/C15H34N4/c1-5-6-15(2,13-16)14-19-11-9-18(10-12-19)8-7-17(3)4/h5-14,16H2,1-4H3. The van der Waals surface area contributed by atoms with Crippen LogP contribution in [0.4, 0.5) is 0 Å². The lowest BCUT2D eigenvalue weighted by molar-refractivity contribution is 0.0861. The Morgan fingerprint density at radius 1 is 1.11 bits per heavy atom. The predicted molar refractivity (Wildman–Crippen MR) is 83.5 cm³/mol. The van der Waals surface area contributed by atoms with Crippen molar-refractivity contribution in [3.05, 3.63) is 0 Å². The molecule has 1 fully saturated rings. The molecule has 19 heavy (non-hydrogen) atoms. The molecule has 114 valence electrons. The normalized spacial score (nSPS) is 21.8. The van der Waals surface area contributed by atoms with Crippen LogP contribution in [-0.4, -0.2) is 81.2 Å². The van der Waals surface area contributed by atoms with Gasteiger partial charge in [0, 0.05) is 45.8 Å². The number of rotatable bonds is 8. The van der Waals surface area contributed by atoms with Gasteiger partial charge in [-0.1, -0.05) is 20.3 Å². The van der Waals surface area contributed by atoms with E-state index in [1.807, 2.05) is 0 Å². The molecule has 0 bridgehead atoms. The minimum Gasteiger partial charge on any atom is -0.330 e. The number of nitrogens with two attached hydrogens (primary N) is 1. The van der Waals surface area contributed by atoms with E-state index in [0.29, 0.717) is 5.41 Å². The van der Waals surface area contributed by atoms with Crippen molar-refractivity contribution in [3.8, 4) is 0 Å². The SMILES string of the molecule is CCCC(C)(CN)CN1CCN(CCN(C)C)CC1. The molecule has 0 aromatic heterocycles. The van der Waals surface area contributed by atoms with E-state index in [1.165, 1.54) is 52.1 Å². The molecule has 0 aromatic carbocycles. The maximum atomic E-state index is 5.98. The molecule has 1 saturated heterocycles. The Bertz CT molecular complexity index is 236. The summed E-state index contributed by atoms with van der Waals surface area (Å²) in [7, 11) is 4.29. The Kier molecular flexibility index (Phi) is 7.29. The van der Waals surface area contributed by atoms with Crippen LogP contribution < -0.4 is 5.73 Å². The van der Waals surface area contributed by atoms with E-state index in [9.17, 15) is 0 Å². The summed E-state index contributed by atoms with van der Waals surface area (Å²) in [5.74, 6) is 0. The molecular weight excluding hydrogens is 236 g/mol. The molecule has 1 unspecified atom stereocenters. The fraction of sp³-hybridized carbons (Fsp3) is 1.00. The molecule has 0 spiro atoms. The van der Waals surface area contributed by atoms with E-state index in [-0.39, 0.29) is 0 Å². The van der Waals surface area contributed by atoms with Gasteiger partial charge < -0.3 is 15.5 Å². The van der Waals surface area contributed by atoms with E-state index < -0.39 is 0 Å². The summed E-state index contributed by atoms with van der Waals surface area (Å²) in [6, 6.07) is 0. The first-order chi connectivity index (χ1) is 8.99. The minimum absolute atomic E-state index is 0.306. The van der Waals surface area contributed by atoms with Crippen LogP contribution >= 0.6 is 0 Å². The van der Waals surface area contributed by atoms with Crippen molar-refractivity contribution in [1.29, 1.82) is 0 Å². The third-order valence-electron chi connectivity index (χ3n) is 4.28. The number of nitrogens with zero attached hydrogens (tertiary/aromatic N) is 3. The lowest BCUT2D eigenvalue weighted by atomic mass is 9.85. The predicted octanol–water partition coefficient (Wildman–Crippen LogP) is 0.931. The number of piperazine rings is 1. The van der Waals surface area contributed by atoms with Crippen LogP contribution in [-0.2, 0) is 0 Å². The number of hydrogen-bond acceptors (Lipinski definition) is 4. The molecule has 1 aliphatic rings. The second-order valence-corrected chi connectivity index (χ2v) is 6.69. The zero-order chi connectivity index (χ0) is 14.3. The van der Waals surface area contributed by atoms with Gasteiger partial charge in [-0.25, -0.2) is 0 Å². The molecule has 0 radical (unpaired) electrons. The van der Waals surface area contributed by atoms with Crippen molar-refractivity contribution in [2.24, 2.45) is 11.1 Å². The fourth-order valence-electron chi connectivity index (χ4n) is 2.90. The Labute approximate surface area is 119 Å². The minimum atomic E-state index is 0.306. The first kappa shape index (κ1) is 16.9. The Morgan fingerprint density at radius 3 is 2.16 bits per heavy atom. The van der Waals surface area contributed by atoms with Gasteiger partial charge in [0.25, 0.3) is 0 Å². The monoisotopic (exact) mass is 270 g/mol. The summed E-state index contributed by atoms with van der Waals surface area (Å²) in [6.45, 7) is 13.8. The van der Waals surface area contributed by atoms with Crippen LogP contribution in [0.25, 0.3) is 0 Å². The molecule has 4 nitrogen and oxygen atoms in total. The van der Waals surface area contributed by atoms with Crippen LogP contribution in [0.2, 0.25) is 0 Å². The second-order valence-electron chi connectivity index (χ2n) is 6.69. The molecule has 1 heterocycles. The van der Waals surface area contributed by atoms with Crippen LogP contribution in [0.3, 0.4) is 0 Å². The second kappa shape index (κ2) is 8.20. The fourth-order valence-corrected chi connectivity index (χ4v) is 2.90. The van der Waals surface area contributed by atoms with Crippen LogP contribution in [0.1, 0.15) is 26.7 Å². The van der Waals surface area contributed by atoms with Crippen molar-refractivity contribution in [1.82, 2.24) is 14.7 Å². The maximum Gasteiger partial charge on any atom is 0.0110 e. The zero-order valence-electron chi connectivity index (χ0n) is 13.5. The van der Waals surface area contributed by atoms with E-state index in [0.717, 1.165) is 13.1 Å².